The molecule has 480 valence electrons. The van der Waals surface area contributed by atoms with E-state index in [1.807, 2.05) is 150 Å². The van der Waals surface area contributed by atoms with Crippen molar-refractivity contribution in [2.45, 2.75) is 187 Å². The molecule has 0 saturated carbocycles. The Balaban J connectivity index is -0.00000102. The van der Waals surface area contributed by atoms with Gasteiger partial charge < -0.3 is 25.3 Å². The van der Waals surface area contributed by atoms with Crippen LogP contribution in [0.15, 0.2) is 182 Å². The molecule has 0 aliphatic carbocycles. The van der Waals surface area contributed by atoms with Crippen LogP contribution in [0, 0.1) is 5.92 Å². The van der Waals surface area contributed by atoms with Gasteiger partial charge in [-0.2, -0.15) is 0 Å². The van der Waals surface area contributed by atoms with Crippen LogP contribution in [-0.2, 0) is 40.1 Å². The van der Waals surface area contributed by atoms with Crippen LogP contribution in [0.25, 0.3) is 0 Å². The molecule has 0 spiro atoms. The van der Waals surface area contributed by atoms with E-state index in [1.54, 1.807) is 6.92 Å². The highest BCUT2D eigenvalue weighted by molar-refractivity contribution is 6.63. The van der Waals surface area contributed by atoms with Gasteiger partial charge in [0.15, 0.2) is 0 Å². The van der Waals surface area contributed by atoms with Gasteiger partial charge in [-0.3, -0.25) is 14.4 Å². The lowest BCUT2D eigenvalue weighted by atomic mass is 9.90. The predicted molar refractivity (Wildman–Crippen MR) is 381 cm³/mol. The summed E-state index contributed by atoms with van der Waals surface area (Å²) < 4.78 is 0. The van der Waals surface area contributed by atoms with Gasteiger partial charge in [0.2, 0.25) is 11.1 Å². The Bertz CT molecular complexity index is 2350. The summed E-state index contributed by atoms with van der Waals surface area (Å²) in [6, 6.07) is 63.0. The maximum atomic E-state index is 12.5. The maximum absolute atomic E-state index is 12.5. The highest BCUT2D eigenvalue weighted by Crippen LogP contribution is 2.25. The highest BCUT2D eigenvalue weighted by atomic mass is 35.5. The van der Waals surface area contributed by atoms with E-state index >= 15 is 0 Å². The molecule has 0 aromatic heterocycles. The summed E-state index contributed by atoms with van der Waals surface area (Å²) in [5, 5.41) is -0.273. The molecule has 3 aliphatic rings. The molecule has 0 radical (unpaired) electrons. The number of rotatable bonds is 15. The average Bonchev–Trinajstić information content (AvgIpc) is 3.75. The fourth-order valence-corrected chi connectivity index (χ4v) is 9.35. The SMILES string of the molecule is C.CC.CC.CC.CC.CC.CC.CCC(=O)Cl.CCC(=O)N(c1ccccc1)C1CCN(CCc2ccccc2)CC1.Nc1ccccc1.O=C1CCN(CCc2ccccc2)CC1.c1ccc(CCN2CCC(Cc3ccccc3)CC2)cc1. The van der Waals surface area contributed by atoms with Crippen LogP contribution in [0.3, 0.4) is 0 Å². The number of piperidine rings is 3. The topological polar surface area (TPSA) is 90.2 Å². The number of Topliss-reactive ketones (excluding diaryl/α,β-unsaturated/α-hetero) is 1. The number of carbonyl (C=O) groups excluding carboxylic acids is 3. The molecule has 3 heterocycles. The van der Waals surface area contributed by atoms with Crippen LogP contribution in [-0.4, -0.2) is 96.6 Å². The van der Waals surface area contributed by atoms with Crippen molar-refractivity contribution in [3.63, 3.8) is 0 Å². The number of amides is 1. The van der Waals surface area contributed by atoms with E-state index in [-0.39, 0.29) is 18.6 Å². The lowest BCUT2D eigenvalue weighted by Crippen LogP contribution is -2.47. The largest absolute Gasteiger partial charge is 0.399 e. The number of nitrogens with two attached hydrogens (primary N) is 1. The minimum absolute atomic E-state index is 0. The van der Waals surface area contributed by atoms with E-state index in [2.05, 4.69) is 142 Å². The van der Waals surface area contributed by atoms with Gasteiger partial charge in [-0.25, -0.2) is 0 Å². The standard InChI is InChI=1S/C22H28N2O.C20H25N.C13H17NO.C6H7N.C3H5ClO.6C2H6.CH4/c1-2-22(25)24(20-11-7-4-8-12-20)21-14-17-23(18-15-21)16-13-19-9-5-3-6-10-19;1-3-7-18(8-4-1)11-14-21-15-12-20(13-16-21)17-19-9-5-2-6-10-19;15-13-7-10-14(11-8-13)9-6-12-4-2-1-3-5-12;7-6-4-2-1-3-5-6;1-2-3(4)5;6*1-2;/h3-12,21H,2,13-18H2,1H3;1-10,20H,11-17H2;1-5H,6-11H2;1-5H,7H2;2H2,1H3;6*1-2H3;1H4. The third-order valence-electron chi connectivity index (χ3n) is 13.8. The molecule has 0 bridgehead atoms. The van der Waals surface area contributed by atoms with Crippen LogP contribution in [0.1, 0.15) is 178 Å². The van der Waals surface area contributed by atoms with Gasteiger partial charge in [0.1, 0.15) is 5.78 Å². The fourth-order valence-electron chi connectivity index (χ4n) is 9.35. The molecule has 6 aromatic rings. The molecule has 3 saturated heterocycles. The first-order chi connectivity index (χ1) is 41.7. The molecule has 9 heteroatoms. The number of hydrogen-bond acceptors (Lipinski definition) is 7. The minimum atomic E-state index is -0.273. The first-order valence-electron chi connectivity index (χ1n) is 32.9. The number of halogens is 1. The predicted octanol–water partition coefficient (Wildman–Crippen LogP) is 19.4. The molecular formula is C77H122ClN5O3. The molecular weight excluding hydrogens is 1080 g/mol. The van der Waals surface area contributed by atoms with E-state index in [1.165, 1.54) is 67.6 Å². The Morgan fingerprint density at radius 2 is 0.733 bits per heavy atom. The lowest BCUT2D eigenvalue weighted by molar-refractivity contribution is -0.121. The smallest absolute Gasteiger partial charge is 0.226 e. The molecule has 2 N–H and O–H groups in total. The Labute approximate surface area is 533 Å². The Kier molecular flexibility index (Phi) is 58.3. The Hall–Kier alpha value is -5.90. The second-order valence-corrected chi connectivity index (χ2v) is 19.6. The molecule has 86 heavy (non-hydrogen) atoms. The van der Waals surface area contributed by atoms with E-state index in [9.17, 15) is 14.4 Å². The van der Waals surface area contributed by atoms with Gasteiger partial charge in [-0.05, 0) is 128 Å². The maximum Gasteiger partial charge on any atom is 0.226 e. The molecule has 9 rings (SSSR count). The number of carbonyl (C=O) groups is 3. The molecule has 6 aromatic carbocycles. The van der Waals surface area contributed by atoms with E-state index < -0.39 is 0 Å². The number of nitrogens with zero attached hydrogens (tertiary/aromatic N) is 4. The van der Waals surface area contributed by atoms with Crippen molar-refractivity contribution < 1.29 is 14.4 Å². The number of benzene rings is 6. The molecule has 0 unspecified atom stereocenters. The van der Waals surface area contributed by atoms with Crippen LogP contribution in [0.2, 0.25) is 0 Å². The van der Waals surface area contributed by atoms with Crippen molar-refractivity contribution in [2.75, 3.05) is 69.5 Å². The van der Waals surface area contributed by atoms with Gasteiger partial charge in [0.25, 0.3) is 0 Å². The van der Waals surface area contributed by atoms with Crippen molar-refractivity contribution in [1.82, 2.24) is 14.7 Å². The zero-order valence-electron chi connectivity index (χ0n) is 55.8. The molecule has 1 amide bonds. The number of likely N-dealkylation sites (tertiary alicyclic amines) is 3. The lowest BCUT2D eigenvalue weighted by Gasteiger charge is -2.38. The van der Waals surface area contributed by atoms with E-state index in [0.29, 0.717) is 24.7 Å². The van der Waals surface area contributed by atoms with Crippen LogP contribution in [0.4, 0.5) is 11.4 Å². The fraction of sp³-hybridized carbons (Fsp3) is 0.494. The summed E-state index contributed by atoms with van der Waals surface area (Å²) in [7, 11) is 0. The quantitative estimate of drug-likeness (QED) is 0.0809. The van der Waals surface area contributed by atoms with Crippen LogP contribution in [0.5, 0.6) is 0 Å². The highest BCUT2D eigenvalue weighted by Gasteiger charge is 2.28. The second kappa shape index (κ2) is 59.4. The van der Waals surface area contributed by atoms with Crippen molar-refractivity contribution in [3.8, 4) is 0 Å². The van der Waals surface area contributed by atoms with E-state index in [4.69, 9.17) is 17.3 Å². The number of nitrogen functional groups attached to an aromatic ring is 1. The normalized spacial score (nSPS) is 13.5. The summed E-state index contributed by atoms with van der Waals surface area (Å²) >= 11 is 4.82. The summed E-state index contributed by atoms with van der Waals surface area (Å²) in [6.07, 6.45) is 11.9. The third-order valence-corrected chi connectivity index (χ3v) is 14.0. The van der Waals surface area contributed by atoms with Gasteiger partial charge in [0, 0.05) is 88.9 Å². The molecule has 0 atom stereocenters. The van der Waals surface area contributed by atoms with Crippen molar-refractivity contribution in [1.29, 1.82) is 0 Å². The first kappa shape index (κ1) is 84.3. The van der Waals surface area contributed by atoms with E-state index in [0.717, 1.165) is 95.1 Å². The van der Waals surface area contributed by atoms with Crippen molar-refractivity contribution in [3.05, 3.63) is 204 Å². The third kappa shape index (κ3) is 40.5. The van der Waals surface area contributed by atoms with Crippen molar-refractivity contribution >= 4 is 39.9 Å². The molecule has 3 aliphatic heterocycles. The van der Waals surface area contributed by atoms with Gasteiger partial charge >= 0.3 is 0 Å². The van der Waals surface area contributed by atoms with Gasteiger partial charge in [0.05, 0.1) is 0 Å². The summed E-state index contributed by atoms with van der Waals surface area (Å²) in [5.74, 6) is 1.53. The Morgan fingerprint density at radius 3 is 1.03 bits per heavy atom. The number of hydrogen-bond donors (Lipinski definition) is 1. The summed E-state index contributed by atoms with van der Waals surface area (Å²) in [6.45, 7) is 37.6. The monoisotopic (exact) mass is 1200 g/mol. The number of ketones is 1. The minimum Gasteiger partial charge on any atom is -0.399 e. The zero-order valence-corrected chi connectivity index (χ0v) is 56.5. The van der Waals surface area contributed by atoms with Crippen LogP contribution >= 0.6 is 11.6 Å². The average molecular weight is 1200 g/mol. The van der Waals surface area contributed by atoms with Crippen molar-refractivity contribution in [2.24, 2.45) is 5.92 Å². The first-order valence-corrected chi connectivity index (χ1v) is 33.3. The Morgan fingerprint density at radius 1 is 0.442 bits per heavy atom. The summed E-state index contributed by atoms with van der Waals surface area (Å²) in [4.78, 5) is 42.7. The molecule has 8 nitrogen and oxygen atoms in total. The number of para-hydroxylation sites is 2. The zero-order chi connectivity index (χ0) is 63.7. The van der Waals surface area contributed by atoms with Gasteiger partial charge in [-0.1, -0.05) is 262 Å². The van der Waals surface area contributed by atoms with Gasteiger partial charge in [-0.15, -0.1) is 0 Å². The summed E-state index contributed by atoms with van der Waals surface area (Å²) in [5.41, 5.74) is 13.0. The van der Waals surface area contributed by atoms with Crippen LogP contribution < -0.4 is 10.6 Å². The number of anilines is 2. The second-order valence-electron chi connectivity index (χ2n) is 19.2. The molecule has 3 fully saturated rings.